The minimum atomic E-state index is -3.25. The highest BCUT2D eigenvalue weighted by Crippen LogP contribution is 2.44. The van der Waals surface area contributed by atoms with Gasteiger partial charge in [-0.25, -0.2) is 8.42 Å². The summed E-state index contributed by atoms with van der Waals surface area (Å²) in [6.07, 6.45) is 4.32. The average Bonchev–Trinajstić information content (AvgIpc) is 2.99. The van der Waals surface area contributed by atoms with Crippen LogP contribution in [0, 0.1) is 11.3 Å². The number of carbonyl (C=O) groups excluding carboxylic acids is 1. The van der Waals surface area contributed by atoms with Gasteiger partial charge < -0.3 is 10.6 Å². The predicted molar refractivity (Wildman–Crippen MR) is 105 cm³/mol. The van der Waals surface area contributed by atoms with E-state index in [1.165, 1.54) is 6.42 Å². The van der Waals surface area contributed by atoms with E-state index in [2.05, 4.69) is 10.6 Å². The number of hydrogen-bond donors (Lipinski definition) is 2. The zero-order chi connectivity index (χ0) is 19.0. The zero-order valence-corrected chi connectivity index (χ0v) is 16.8. The van der Waals surface area contributed by atoms with Crippen molar-refractivity contribution in [3.8, 4) is 0 Å². The SMILES string of the molecule is CC(C)(C)S(=O)(=O)Cc1cccc(NC(=O)[C@@]23CCCC[C@H]2CNC3)c1. The summed E-state index contributed by atoms with van der Waals surface area (Å²) in [7, 11) is -3.25. The van der Waals surface area contributed by atoms with Crippen LogP contribution < -0.4 is 10.6 Å². The second-order valence-electron chi connectivity index (χ2n) is 8.76. The minimum Gasteiger partial charge on any atom is -0.326 e. The lowest BCUT2D eigenvalue weighted by molar-refractivity contribution is -0.128. The molecule has 0 unspecified atom stereocenters. The van der Waals surface area contributed by atoms with Crippen LogP contribution in [0.5, 0.6) is 0 Å². The number of fused-ring (bicyclic) bond motifs is 1. The van der Waals surface area contributed by atoms with Crippen LogP contribution in [0.2, 0.25) is 0 Å². The van der Waals surface area contributed by atoms with Crippen LogP contribution in [0.4, 0.5) is 5.69 Å². The summed E-state index contributed by atoms with van der Waals surface area (Å²) >= 11 is 0. The monoisotopic (exact) mass is 378 g/mol. The molecule has 6 heteroatoms. The van der Waals surface area contributed by atoms with Gasteiger partial charge in [0, 0.05) is 12.2 Å². The van der Waals surface area contributed by atoms with Crippen molar-refractivity contribution in [2.75, 3.05) is 18.4 Å². The van der Waals surface area contributed by atoms with Crippen LogP contribution in [0.25, 0.3) is 0 Å². The molecule has 26 heavy (non-hydrogen) atoms. The van der Waals surface area contributed by atoms with Crippen LogP contribution >= 0.6 is 0 Å². The second-order valence-corrected chi connectivity index (χ2v) is 11.5. The molecule has 2 atom stereocenters. The molecule has 1 saturated carbocycles. The fraction of sp³-hybridized carbons (Fsp3) is 0.650. The largest absolute Gasteiger partial charge is 0.326 e. The third kappa shape index (κ3) is 3.67. The predicted octanol–water partition coefficient (Wildman–Crippen LogP) is 3.12. The summed E-state index contributed by atoms with van der Waals surface area (Å²) < 4.78 is 24.1. The van der Waals surface area contributed by atoms with Gasteiger partial charge >= 0.3 is 0 Å². The minimum absolute atomic E-state index is 0.0183. The molecule has 1 aromatic rings. The molecule has 1 saturated heterocycles. The molecule has 1 amide bonds. The Morgan fingerprint density at radius 3 is 2.81 bits per heavy atom. The lowest BCUT2D eigenvalue weighted by atomic mass is 9.67. The maximum Gasteiger partial charge on any atom is 0.232 e. The third-order valence-corrected chi connectivity index (χ3v) is 8.54. The number of anilines is 1. The fourth-order valence-corrected chi connectivity index (χ4v) is 5.17. The maximum absolute atomic E-state index is 13.1. The van der Waals surface area contributed by atoms with Gasteiger partial charge in [-0.2, -0.15) is 0 Å². The van der Waals surface area contributed by atoms with Gasteiger partial charge in [-0.05, 0) is 63.8 Å². The van der Waals surface area contributed by atoms with Gasteiger partial charge in [-0.3, -0.25) is 4.79 Å². The van der Waals surface area contributed by atoms with Crippen molar-refractivity contribution >= 4 is 21.4 Å². The Labute approximate surface area is 156 Å². The number of carbonyl (C=O) groups is 1. The lowest BCUT2D eigenvalue weighted by Gasteiger charge is -2.37. The van der Waals surface area contributed by atoms with E-state index in [1.54, 1.807) is 32.9 Å². The lowest BCUT2D eigenvalue weighted by Crippen LogP contribution is -2.44. The molecule has 1 aliphatic heterocycles. The van der Waals surface area contributed by atoms with Gasteiger partial charge in [0.2, 0.25) is 5.91 Å². The first-order valence-electron chi connectivity index (χ1n) is 9.47. The molecule has 2 fully saturated rings. The molecule has 0 bridgehead atoms. The zero-order valence-electron chi connectivity index (χ0n) is 16.0. The summed E-state index contributed by atoms with van der Waals surface area (Å²) in [6, 6.07) is 7.24. The first-order chi connectivity index (χ1) is 12.1. The molecule has 2 N–H and O–H groups in total. The van der Waals surface area contributed by atoms with Gasteiger partial charge in [-0.15, -0.1) is 0 Å². The summed E-state index contributed by atoms with van der Waals surface area (Å²) in [4.78, 5) is 13.1. The normalized spacial score (nSPS) is 26.3. The van der Waals surface area contributed by atoms with Crippen LogP contribution in [0.3, 0.4) is 0 Å². The molecule has 1 heterocycles. The van der Waals surface area contributed by atoms with E-state index in [0.717, 1.165) is 32.4 Å². The molecular formula is C20H30N2O3S. The Kier molecular flexibility index (Phi) is 5.19. The van der Waals surface area contributed by atoms with Gasteiger partial charge in [0.1, 0.15) is 0 Å². The fourth-order valence-electron chi connectivity index (χ4n) is 4.12. The number of rotatable bonds is 4. The highest BCUT2D eigenvalue weighted by molar-refractivity contribution is 7.91. The number of amides is 1. The summed E-state index contributed by atoms with van der Waals surface area (Å²) in [5, 5.41) is 6.46. The molecule has 3 rings (SSSR count). The summed E-state index contributed by atoms with van der Waals surface area (Å²) in [6.45, 7) is 6.79. The van der Waals surface area contributed by atoms with Crippen LogP contribution in [0.15, 0.2) is 24.3 Å². The molecule has 0 radical (unpaired) electrons. The van der Waals surface area contributed by atoms with Crippen molar-refractivity contribution in [1.82, 2.24) is 5.32 Å². The molecule has 1 aromatic carbocycles. The quantitative estimate of drug-likeness (QED) is 0.844. The van der Waals surface area contributed by atoms with Crippen molar-refractivity contribution < 1.29 is 13.2 Å². The van der Waals surface area contributed by atoms with Crippen LogP contribution in [-0.2, 0) is 20.4 Å². The Hall–Kier alpha value is -1.40. The highest BCUT2D eigenvalue weighted by Gasteiger charge is 2.49. The maximum atomic E-state index is 13.1. The molecule has 0 spiro atoms. The second kappa shape index (κ2) is 6.97. The highest BCUT2D eigenvalue weighted by atomic mass is 32.2. The van der Waals surface area contributed by atoms with Crippen LogP contribution in [-0.4, -0.2) is 32.2 Å². The van der Waals surface area contributed by atoms with E-state index < -0.39 is 14.6 Å². The number of hydrogen-bond acceptors (Lipinski definition) is 4. The molecule has 2 aliphatic rings. The van der Waals surface area contributed by atoms with Crippen molar-refractivity contribution in [3.05, 3.63) is 29.8 Å². The van der Waals surface area contributed by atoms with E-state index in [-0.39, 0.29) is 17.1 Å². The number of nitrogens with one attached hydrogen (secondary N) is 2. The standard InChI is InChI=1S/C20H30N2O3S/c1-19(2,3)26(24,25)13-15-7-6-9-17(11-15)22-18(23)20-10-5-4-8-16(20)12-21-14-20/h6-7,9,11,16,21H,4-5,8,10,12-14H2,1-3H3,(H,22,23)/t16-,20+/m0/s1. The first-order valence-corrected chi connectivity index (χ1v) is 11.1. The van der Waals surface area contributed by atoms with Crippen molar-refractivity contribution in [2.45, 2.75) is 57.0 Å². The molecule has 1 aliphatic carbocycles. The van der Waals surface area contributed by atoms with E-state index in [4.69, 9.17) is 0 Å². The molecule has 0 aromatic heterocycles. The summed E-state index contributed by atoms with van der Waals surface area (Å²) in [5.74, 6) is 0.457. The Balaban J connectivity index is 1.76. The van der Waals surface area contributed by atoms with Gasteiger partial charge in [0.25, 0.3) is 0 Å². The Morgan fingerprint density at radius 2 is 2.08 bits per heavy atom. The smallest absolute Gasteiger partial charge is 0.232 e. The van der Waals surface area contributed by atoms with Crippen LogP contribution in [0.1, 0.15) is 52.0 Å². The van der Waals surface area contributed by atoms with Crippen molar-refractivity contribution in [3.63, 3.8) is 0 Å². The Bertz CT molecular complexity index is 782. The Morgan fingerprint density at radius 1 is 1.31 bits per heavy atom. The van der Waals surface area contributed by atoms with Gasteiger partial charge in [-0.1, -0.05) is 25.0 Å². The van der Waals surface area contributed by atoms with Gasteiger partial charge in [0.15, 0.2) is 9.84 Å². The van der Waals surface area contributed by atoms with E-state index in [0.29, 0.717) is 17.2 Å². The molecule has 144 valence electrons. The topological polar surface area (TPSA) is 75.3 Å². The van der Waals surface area contributed by atoms with Crippen molar-refractivity contribution in [1.29, 1.82) is 0 Å². The summed E-state index contributed by atoms with van der Waals surface area (Å²) in [5.41, 5.74) is 1.08. The molecular weight excluding hydrogens is 348 g/mol. The van der Waals surface area contributed by atoms with Gasteiger partial charge in [0.05, 0.1) is 15.9 Å². The third-order valence-electron chi connectivity index (χ3n) is 5.96. The van der Waals surface area contributed by atoms with E-state index in [1.807, 2.05) is 12.1 Å². The average molecular weight is 379 g/mol. The first kappa shape index (κ1) is 19.4. The van der Waals surface area contributed by atoms with E-state index >= 15 is 0 Å². The number of sulfone groups is 1. The van der Waals surface area contributed by atoms with E-state index in [9.17, 15) is 13.2 Å². The van der Waals surface area contributed by atoms with Crippen molar-refractivity contribution in [2.24, 2.45) is 11.3 Å². The number of benzene rings is 1. The molecule has 5 nitrogen and oxygen atoms in total.